The molecule has 0 aliphatic carbocycles. The first-order valence-electron chi connectivity index (χ1n) is 5.41. The summed E-state index contributed by atoms with van der Waals surface area (Å²) in [6.07, 6.45) is -3.94. The van der Waals surface area contributed by atoms with E-state index < -0.39 is 30.8 Å². The number of aliphatic hydroxyl groups excluding tert-OH is 1. The van der Waals surface area contributed by atoms with Crippen LogP contribution in [-0.4, -0.2) is 24.7 Å². The number of aliphatic hydroxyl groups is 1. The molecule has 0 amide bonds. The van der Waals surface area contributed by atoms with Gasteiger partial charge in [-0.25, -0.2) is 17.6 Å². The summed E-state index contributed by atoms with van der Waals surface area (Å²) in [5.41, 5.74) is -0.0591. The number of benzene rings is 1. The van der Waals surface area contributed by atoms with Crippen LogP contribution >= 0.6 is 0 Å². The van der Waals surface area contributed by atoms with Crippen LogP contribution in [0.1, 0.15) is 23.7 Å². The molecule has 0 saturated heterocycles. The normalized spacial score (nSPS) is 13.1. The lowest BCUT2D eigenvalue weighted by molar-refractivity contribution is 0.00445. The average Bonchev–Trinajstić information content (AvgIpc) is 2.28. The molecule has 0 fully saturated rings. The van der Waals surface area contributed by atoms with E-state index in [9.17, 15) is 22.7 Å². The molecule has 102 valence electrons. The van der Waals surface area contributed by atoms with E-state index in [1.54, 1.807) is 0 Å². The van der Waals surface area contributed by atoms with Gasteiger partial charge in [-0.3, -0.25) is 0 Å². The monoisotopic (exact) mass is 266 g/mol. The van der Waals surface area contributed by atoms with Crippen molar-refractivity contribution in [2.45, 2.75) is 25.9 Å². The third-order valence-electron chi connectivity index (χ3n) is 2.42. The van der Waals surface area contributed by atoms with Crippen molar-refractivity contribution in [3.8, 4) is 0 Å². The van der Waals surface area contributed by atoms with E-state index >= 15 is 0 Å². The first-order valence-corrected chi connectivity index (χ1v) is 5.41. The zero-order valence-electron chi connectivity index (χ0n) is 9.80. The molecular weight excluding hydrogens is 252 g/mol. The van der Waals surface area contributed by atoms with E-state index in [1.165, 1.54) is 6.92 Å². The quantitative estimate of drug-likeness (QED) is 0.633. The van der Waals surface area contributed by atoms with Gasteiger partial charge in [-0.1, -0.05) is 0 Å². The molecule has 1 N–H and O–H groups in total. The number of rotatable bonds is 6. The minimum atomic E-state index is -2.59. The zero-order chi connectivity index (χ0) is 13.7. The third-order valence-corrected chi connectivity index (χ3v) is 2.42. The van der Waals surface area contributed by atoms with Crippen molar-refractivity contribution in [1.82, 2.24) is 0 Å². The van der Waals surface area contributed by atoms with Crippen molar-refractivity contribution in [3.05, 3.63) is 34.9 Å². The summed E-state index contributed by atoms with van der Waals surface area (Å²) in [4.78, 5) is 0. The molecule has 0 spiro atoms. The molecule has 0 radical (unpaired) electrons. The molecule has 6 heteroatoms. The van der Waals surface area contributed by atoms with Gasteiger partial charge in [0.2, 0.25) is 0 Å². The second-order valence-electron chi connectivity index (χ2n) is 3.89. The second-order valence-corrected chi connectivity index (χ2v) is 3.89. The lowest BCUT2D eigenvalue weighted by Crippen LogP contribution is -2.10. The highest BCUT2D eigenvalue weighted by molar-refractivity contribution is 5.26. The van der Waals surface area contributed by atoms with Crippen LogP contribution in [0.15, 0.2) is 12.1 Å². The second kappa shape index (κ2) is 6.70. The summed E-state index contributed by atoms with van der Waals surface area (Å²) in [5.74, 6) is -1.35. The van der Waals surface area contributed by atoms with Gasteiger partial charge in [0, 0.05) is 18.6 Å². The Labute approximate surface area is 102 Å². The first kappa shape index (κ1) is 14.9. The number of halogens is 4. The molecule has 2 nitrogen and oxygen atoms in total. The van der Waals surface area contributed by atoms with E-state index in [0.717, 1.165) is 12.1 Å². The van der Waals surface area contributed by atoms with Gasteiger partial charge in [0.15, 0.2) is 0 Å². The summed E-state index contributed by atoms with van der Waals surface area (Å²) in [6.45, 7) is 0.512. The van der Waals surface area contributed by atoms with E-state index in [-0.39, 0.29) is 24.2 Å². The molecule has 0 heterocycles. The number of aryl methyl sites for hydroxylation is 1. The predicted molar refractivity (Wildman–Crippen MR) is 57.5 cm³/mol. The summed E-state index contributed by atoms with van der Waals surface area (Å²) >= 11 is 0. The lowest BCUT2D eigenvalue weighted by atomic mass is 10.0. The van der Waals surface area contributed by atoms with Crippen LogP contribution in [0.2, 0.25) is 0 Å². The van der Waals surface area contributed by atoms with Crippen LogP contribution in [0.3, 0.4) is 0 Å². The Balaban J connectivity index is 2.56. The van der Waals surface area contributed by atoms with Gasteiger partial charge in [-0.2, -0.15) is 0 Å². The minimum absolute atomic E-state index is 0.0772. The van der Waals surface area contributed by atoms with Crippen LogP contribution in [-0.2, 0) is 4.74 Å². The summed E-state index contributed by atoms with van der Waals surface area (Å²) < 4.78 is 54.7. The molecule has 0 aromatic heterocycles. The molecular formula is C12H14F4O2. The van der Waals surface area contributed by atoms with Gasteiger partial charge in [0.25, 0.3) is 6.43 Å². The van der Waals surface area contributed by atoms with Crippen molar-refractivity contribution < 1.29 is 27.4 Å². The van der Waals surface area contributed by atoms with E-state index in [1.807, 2.05) is 0 Å². The van der Waals surface area contributed by atoms with Gasteiger partial charge in [-0.15, -0.1) is 0 Å². The minimum Gasteiger partial charge on any atom is -0.388 e. The maximum atomic E-state index is 13.4. The fraction of sp³-hybridized carbons (Fsp3) is 0.500. The largest absolute Gasteiger partial charge is 0.388 e. The molecule has 1 atom stereocenters. The molecule has 1 aromatic rings. The molecule has 0 saturated carbocycles. The molecule has 0 aliphatic rings. The Hall–Kier alpha value is -1.14. The Bertz CT molecular complexity index is 396. The van der Waals surface area contributed by atoms with Crippen molar-refractivity contribution in [3.63, 3.8) is 0 Å². The summed E-state index contributed by atoms with van der Waals surface area (Å²) in [7, 11) is 0. The molecule has 1 aromatic carbocycles. The van der Waals surface area contributed by atoms with Crippen LogP contribution < -0.4 is 0 Å². The van der Waals surface area contributed by atoms with Gasteiger partial charge in [-0.05, 0) is 24.6 Å². The smallest absolute Gasteiger partial charge is 0.261 e. The number of alkyl halides is 2. The lowest BCUT2D eigenvalue weighted by Gasteiger charge is -2.13. The van der Waals surface area contributed by atoms with Gasteiger partial charge in [0.05, 0.1) is 6.10 Å². The van der Waals surface area contributed by atoms with E-state index in [0.29, 0.717) is 0 Å². The molecule has 0 bridgehead atoms. The SMILES string of the molecule is Cc1cc(F)c(C(O)CCOCC(F)F)cc1F. The number of ether oxygens (including phenoxy) is 1. The highest BCUT2D eigenvalue weighted by Crippen LogP contribution is 2.23. The molecule has 0 aliphatic heterocycles. The summed E-state index contributed by atoms with van der Waals surface area (Å²) in [5, 5.41) is 9.61. The summed E-state index contributed by atoms with van der Waals surface area (Å²) in [6, 6.07) is 1.89. The van der Waals surface area contributed by atoms with Crippen LogP contribution in [0.4, 0.5) is 17.6 Å². The van der Waals surface area contributed by atoms with Gasteiger partial charge in [0.1, 0.15) is 18.2 Å². The van der Waals surface area contributed by atoms with Crippen molar-refractivity contribution >= 4 is 0 Å². The maximum absolute atomic E-state index is 13.4. The van der Waals surface area contributed by atoms with Crippen molar-refractivity contribution in [1.29, 1.82) is 0 Å². The Morgan fingerprint density at radius 2 is 1.89 bits per heavy atom. The predicted octanol–water partition coefficient (Wildman–Crippen LogP) is 2.98. The number of hydrogen-bond donors (Lipinski definition) is 1. The molecule has 1 unspecified atom stereocenters. The van der Waals surface area contributed by atoms with E-state index in [2.05, 4.69) is 4.74 Å². The number of hydrogen-bond acceptors (Lipinski definition) is 2. The van der Waals surface area contributed by atoms with Gasteiger partial charge < -0.3 is 9.84 Å². The highest BCUT2D eigenvalue weighted by atomic mass is 19.3. The van der Waals surface area contributed by atoms with Crippen LogP contribution in [0, 0.1) is 18.6 Å². The van der Waals surface area contributed by atoms with E-state index in [4.69, 9.17) is 0 Å². The Morgan fingerprint density at radius 3 is 2.50 bits per heavy atom. The van der Waals surface area contributed by atoms with Gasteiger partial charge >= 0.3 is 0 Å². The third kappa shape index (κ3) is 4.27. The first-order chi connectivity index (χ1) is 8.41. The fourth-order valence-electron chi connectivity index (χ4n) is 1.44. The molecule has 18 heavy (non-hydrogen) atoms. The van der Waals surface area contributed by atoms with Crippen LogP contribution in [0.5, 0.6) is 0 Å². The van der Waals surface area contributed by atoms with Crippen molar-refractivity contribution in [2.75, 3.05) is 13.2 Å². The Morgan fingerprint density at radius 1 is 1.22 bits per heavy atom. The maximum Gasteiger partial charge on any atom is 0.261 e. The average molecular weight is 266 g/mol. The zero-order valence-corrected chi connectivity index (χ0v) is 9.80. The standard InChI is InChI=1S/C12H14F4O2/c1-7-4-10(14)8(5-9(7)13)11(17)2-3-18-6-12(15)16/h4-5,11-12,17H,2-3,6H2,1H3. The van der Waals surface area contributed by atoms with Crippen LogP contribution in [0.25, 0.3) is 0 Å². The fourth-order valence-corrected chi connectivity index (χ4v) is 1.44. The van der Waals surface area contributed by atoms with Crippen molar-refractivity contribution in [2.24, 2.45) is 0 Å². The highest BCUT2D eigenvalue weighted by Gasteiger charge is 2.15. The topological polar surface area (TPSA) is 29.5 Å². The molecule has 1 rings (SSSR count). The Kier molecular flexibility index (Phi) is 5.55.